The second-order valence-electron chi connectivity index (χ2n) is 5.99. The minimum atomic E-state index is -0.477. The summed E-state index contributed by atoms with van der Waals surface area (Å²) in [6, 6.07) is 7.52. The summed E-state index contributed by atoms with van der Waals surface area (Å²) < 4.78 is 5.47. The van der Waals surface area contributed by atoms with Gasteiger partial charge in [-0.05, 0) is 23.1 Å². The summed E-state index contributed by atoms with van der Waals surface area (Å²) in [6.07, 6.45) is -0.477. The van der Waals surface area contributed by atoms with Crippen LogP contribution in [0.5, 0.6) is 0 Å². The van der Waals surface area contributed by atoms with Crippen molar-refractivity contribution in [2.24, 2.45) is 5.41 Å². The van der Waals surface area contributed by atoms with Gasteiger partial charge < -0.3 is 15.2 Å². The average molecular weight is 286 g/mol. The van der Waals surface area contributed by atoms with Crippen molar-refractivity contribution in [3.05, 3.63) is 34.9 Å². The highest BCUT2D eigenvalue weighted by atomic mass is 35.5. The average Bonchev–Trinajstić information content (AvgIpc) is 2.30. The first-order valence-corrected chi connectivity index (χ1v) is 6.95. The van der Waals surface area contributed by atoms with Crippen LogP contribution in [-0.4, -0.2) is 30.9 Å². The molecule has 0 heterocycles. The first kappa shape index (κ1) is 16.4. The molecule has 0 amide bonds. The number of aliphatic hydroxyl groups is 1. The quantitative estimate of drug-likeness (QED) is 0.809. The fourth-order valence-electron chi connectivity index (χ4n) is 1.57. The van der Waals surface area contributed by atoms with E-state index in [1.807, 2.05) is 24.3 Å². The zero-order chi connectivity index (χ0) is 14.3. The Kier molecular flexibility index (Phi) is 6.80. The van der Waals surface area contributed by atoms with Crippen LogP contribution in [0.3, 0.4) is 0 Å². The molecule has 0 aliphatic heterocycles. The lowest BCUT2D eigenvalue weighted by molar-refractivity contribution is 0.0281. The van der Waals surface area contributed by atoms with Gasteiger partial charge in [0, 0.05) is 18.1 Å². The number of benzene rings is 1. The molecule has 0 bridgehead atoms. The fourth-order valence-corrected chi connectivity index (χ4v) is 1.69. The first-order valence-electron chi connectivity index (χ1n) is 6.58. The third kappa shape index (κ3) is 8.22. The molecule has 2 N–H and O–H groups in total. The van der Waals surface area contributed by atoms with E-state index in [1.165, 1.54) is 0 Å². The van der Waals surface area contributed by atoms with Gasteiger partial charge in [-0.2, -0.15) is 0 Å². The van der Waals surface area contributed by atoms with E-state index in [0.717, 1.165) is 17.1 Å². The molecule has 1 rings (SSSR count). The van der Waals surface area contributed by atoms with Crippen molar-refractivity contribution >= 4 is 11.6 Å². The Morgan fingerprint density at radius 2 is 1.89 bits per heavy atom. The third-order valence-corrected chi connectivity index (χ3v) is 2.78. The predicted molar refractivity (Wildman–Crippen MR) is 79.4 cm³/mol. The fraction of sp³-hybridized carbons (Fsp3) is 0.600. The maximum atomic E-state index is 9.76. The maximum absolute atomic E-state index is 9.76. The molecule has 0 radical (unpaired) electrons. The molecule has 1 atom stereocenters. The van der Waals surface area contributed by atoms with Crippen LogP contribution in [-0.2, 0) is 11.3 Å². The van der Waals surface area contributed by atoms with Crippen molar-refractivity contribution in [3.8, 4) is 0 Å². The lowest BCUT2D eigenvalue weighted by Crippen LogP contribution is -2.35. The van der Waals surface area contributed by atoms with Gasteiger partial charge in [-0.1, -0.05) is 44.5 Å². The van der Waals surface area contributed by atoms with Gasteiger partial charge in [0.05, 0.1) is 19.3 Å². The second-order valence-corrected chi connectivity index (χ2v) is 6.42. The Morgan fingerprint density at radius 3 is 2.47 bits per heavy atom. The van der Waals surface area contributed by atoms with Crippen LogP contribution < -0.4 is 5.32 Å². The Hall–Kier alpha value is -0.610. The molecule has 0 spiro atoms. The largest absolute Gasteiger partial charge is 0.389 e. The topological polar surface area (TPSA) is 41.5 Å². The molecule has 0 aromatic heterocycles. The van der Waals surface area contributed by atoms with Crippen LogP contribution in [0.25, 0.3) is 0 Å². The van der Waals surface area contributed by atoms with Gasteiger partial charge in [0.2, 0.25) is 0 Å². The Labute approximate surface area is 120 Å². The van der Waals surface area contributed by atoms with Gasteiger partial charge in [0.15, 0.2) is 0 Å². The lowest BCUT2D eigenvalue weighted by Gasteiger charge is -2.20. The highest BCUT2D eigenvalue weighted by Gasteiger charge is 2.11. The summed E-state index contributed by atoms with van der Waals surface area (Å²) in [5.74, 6) is 0. The minimum Gasteiger partial charge on any atom is -0.389 e. The van der Waals surface area contributed by atoms with Crippen molar-refractivity contribution in [2.75, 3.05) is 19.7 Å². The smallest absolute Gasteiger partial charge is 0.0897 e. The predicted octanol–water partition coefficient (Wildman–Crippen LogP) is 2.85. The van der Waals surface area contributed by atoms with Crippen LogP contribution in [0.4, 0.5) is 0 Å². The van der Waals surface area contributed by atoms with Gasteiger partial charge in [-0.15, -0.1) is 0 Å². The number of hydrogen-bond donors (Lipinski definition) is 2. The molecule has 1 unspecified atom stereocenters. The number of ether oxygens (including phenoxy) is 1. The molecule has 4 heteroatoms. The van der Waals surface area contributed by atoms with E-state index in [2.05, 4.69) is 26.1 Å². The molecule has 1 aromatic carbocycles. The molecule has 0 aliphatic rings. The summed E-state index contributed by atoms with van der Waals surface area (Å²) in [5, 5.41) is 13.7. The molecule has 3 nitrogen and oxygen atoms in total. The SMILES string of the molecule is CC(C)(C)CNCC(O)COCc1ccc(Cl)cc1. The highest BCUT2D eigenvalue weighted by Crippen LogP contribution is 2.11. The number of aliphatic hydroxyl groups excluding tert-OH is 1. The van der Waals surface area contributed by atoms with Crippen LogP contribution in [0.1, 0.15) is 26.3 Å². The van der Waals surface area contributed by atoms with E-state index in [-0.39, 0.29) is 5.41 Å². The number of halogens is 1. The summed E-state index contributed by atoms with van der Waals surface area (Å²) >= 11 is 5.80. The highest BCUT2D eigenvalue weighted by molar-refractivity contribution is 6.30. The normalized spacial score (nSPS) is 13.5. The monoisotopic (exact) mass is 285 g/mol. The summed E-state index contributed by atoms with van der Waals surface area (Å²) in [4.78, 5) is 0. The van der Waals surface area contributed by atoms with Crippen molar-refractivity contribution < 1.29 is 9.84 Å². The number of rotatable bonds is 7. The maximum Gasteiger partial charge on any atom is 0.0897 e. The molecule has 108 valence electrons. The van der Waals surface area contributed by atoms with Crippen molar-refractivity contribution in [1.82, 2.24) is 5.32 Å². The molecule has 0 saturated carbocycles. The zero-order valence-electron chi connectivity index (χ0n) is 11.9. The molecular formula is C15H24ClNO2. The van der Waals surface area contributed by atoms with E-state index in [9.17, 15) is 5.11 Å². The molecule has 19 heavy (non-hydrogen) atoms. The van der Waals surface area contributed by atoms with Crippen LogP contribution in [0, 0.1) is 5.41 Å². The van der Waals surface area contributed by atoms with E-state index in [4.69, 9.17) is 16.3 Å². The molecule has 1 aromatic rings. The van der Waals surface area contributed by atoms with E-state index in [1.54, 1.807) is 0 Å². The Balaban J connectivity index is 2.13. The second kappa shape index (κ2) is 7.85. The zero-order valence-corrected chi connectivity index (χ0v) is 12.7. The van der Waals surface area contributed by atoms with Crippen LogP contribution >= 0.6 is 11.6 Å². The minimum absolute atomic E-state index is 0.226. The van der Waals surface area contributed by atoms with Gasteiger partial charge in [0.1, 0.15) is 0 Å². The molecular weight excluding hydrogens is 262 g/mol. The summed E-state index contributed by atoms with van der Waals surface area (Å²) in [7, 11) is 0. The van der Waals surface area contributed by atoms with Crippen molar-refractivity contribution in [2.45, 2.75) is 33.5 Å². The van der Waals surface area contributed by atoms with E-state index in [0.29, 0.717) is 19.8 Å². The van der Waals surface area contributed by atoms with E-state index < -0.39 is 6.10 Å². The third-order valence-electron chi connectivity index (χ3n) is 2.53. The van der Waals surface area contributed by atoms with Crippen LogP contribution in [0.15, 0.2) is 24.3 Å². The molecule has 0 saturated heterocycles. The van der Waals surface area contributed by atoms with Gasteiger partial charge >= 0.3 is 0 Å². The number of nitrogens with one attached hydrogen (secondary N) is 1. The Morgan fingerprint density at radius 1 is 1.26 bits per heavy atom. The summed E-state index contributed by atoms with van der Waals surface area (Å²) in [5.41, 5.74) is 1.28. The van der Waals surface area contributed by atoms with Crippen molar-refractivity contribution in [1.29, 1.82) is 0 Å². The molecule has 0 aliphatic carbocycles. The van der Waals surface area contributed by atoms with Gasteiger partial charge in [0.25, 0.3) is 0 Å². The van der Waals surface area contributed by atoms with Gasteiger partial charge in [-0.25, -0.2) is 0 Å². The van der Waals surface area contributed by atoms with Crippen molar-refractivity contribution in [3.63, 3.8) is 0 Å². The van der Waals surface area contributed by atoms with Crippen LogP contribution in [0.2, 0.25) is 5.02 Å². The molecule has 0 fully saturated rings. The number of hydrogen-bond acceptors (Lipinski definition) is 3. The summed E-state index contributed by atoms with van der Waals surface area (Å²) in [6.45, 7) is 8.72. The van der Waals surface area contributed by atoms with Gasteiger partial charge in [-0.3, -0.25) is 0 Å². The lowest BCUT2D eigenvalue weighted by atomic mass is 9.97. The Bertz CT molecular complexity index is 359. The standard InChI is InChI=1S/C15H24ClNO2/c1-15(2,3)11-17-8-14(18)10-19-9-12-4-6-13(16)7-5-12/h4-7,14,17-18H,8-11H2,1-3H3. The first-order chi connectivity index (χ1) is 8.87. The van der Waals surface area contributed by atoms with E-state index >= 15 is 0 Å².